The number of aromatic amines is 1. The second-order valence-corrected chi connectivity index (χ2v) is 10.7. The van der Waals surface area contributed by atoms with E-state index >= 15 is 0 Å². The maximum absolute atomic E-state index is 13.3. The molecule has 1 saturated carbocycles. The lowest BCUT2D eigenvalue weighted by atomic mass is 9.60. The van der Waals surface area contributed by atoms with E-state index in [1.807, 2.05) is 58.3 Å². The van der Waals surface area contributed by atoms with Crippen molar-refractivity contribution in [3.8, 4) is 0 Å². The normalized spacial score (nSPS) is 25.4. The van der Waals surface area contributed by atoms with Gasteiger partial charge in [-0.15, -0.1) is 5.10 Å². The minimum absolute atomic E-state index is 0.0631. The number of rotatable bonds is 2. The van der Waals surface area contributed by atoms with Gasteiger partial charge in [-0.1, -0.05) is 33.3 Å². The molecule has 170 valence electrons. The van der Waals surface area contributed by atoms with Gasteiger partial charge in [-0.3, -0.25) is 14.7 Å². The molecule has 1 aromatic heterocycles. The van der Waals surface area contributed by atoms with E-state index < -0.39 is 0 Å². The zero-order valence-electron chi connectivity index (χ0n) is 18.3. The minimum atomic E-state index is 0.0631. The number of benzene rings is 3. The summed E-state index contributed by atoms with van der Waals surface area (Å²) in [5.41, 5.74) is 2.95. The van der Waals surface area contributed by atoms with Crippen LogP contribution in [0.3, 0.4) is 0 Å². The maximum Gasteiger partial charge on any atom is 0.253 e. The van der Waals surface area contributed by atoms with Crippen LogP contribution in [0.5, 0.6) is 0 Å². The Morgan fingerprint density at radius 1 is 0.765 bits per heavy atom. The molecule has 3 aliphatic rings. The highest BCUT2D eigenvalue weighted by Gasteiger charge is 2.59. The molecule has 3 aromatic carbocycles. The number of aromatic nitrogens is 3. The summed E-state index contributed by atoms with van der Waals surface area (Å²) in [4.78, 5) is 30.4. The first-order valence-corrected chi connectivity index (χ1v) is 12.4. The molecule has 7 rings (SSSR count). The van der Waals surface area contributed by atoms with Crippen LogP contribution in [0.15, 0.2) is 59.1 Å². The Kier molecular flexibility index (Phi) is 4.37. The molecule has 3 fully saturated rings. The average molecular weight is 516 g/mol. The molecule has 34 heavy (non-hydrogen) atoms. The highest BCUT2D eigenvalue weighted by atomic mass is 79.9. The Morgan fingerprint density at radius 2 is 1.32 bits per heavy atom. The van der Waals surface area contributed by atoms with Gasteiger partial charge >= 0.3 is 0 Å². The van der Waals surface area contributed by atoms with Gasteiger partial charge in [0, 0.05) is 41.8 Å². The summed E-state index contributed by atoms with van der Waals surface area (Å²) in [6.07, 6.45) is 0. The van der Waals surface area contributed by atoms with Crippen LogP contribution in [0.25, 0.3) is 21.8 Å². The van der Waals surface area contributed by atoms with Crippen molar-refractivity contribution in [2.24, 2.45) is 23.7 Å². The summed E-state index contributed by atoms with van der Waals surface area (Å²) in [6, 6.07) is 17.6. The Morgan fingerprint density at radius 3 is 2.00 bits per heavy atom. The predicted octanol–water partition coefficient (Wildman–Crippen LogP) is 3.96. The lowest BCUT2D eigenvalue weighted by molar-refractivity contribution is 0.0629. The van der Waals surface area contributed by atoms with Gasteiger partial charge in [-0.2, -0.15) is 0 Å². The number of H-pyrrole nitrogens is 1. The third kappa shape index (κ3) is 3.01. The zero-order valence-corrected chi connectivity index (χ0v) is 19.9. The maximum atomic E-state index is 13.3. The van der Waals surface area contributed by atoms with Crippen LogP contribution in [-0.2, 0) is 0 Å². The first-order chi connectivity index (χ1) is 16.5. The van der Waals surface area contributed by atoms with Gasteiger partial charge in [-0.25, -0.2) is 0 Å². The van der Waals surface area contributed by atoms with Crippen molar-refractivity contribution in [2.45, 2.75) is 0 Å². The Hall–Kier alpha value is -3.26. The van der Waals surface area contributed by atoms with Crippen LogP contribution in [0.2, 0.25) is 0 Å². The summed E-state index contributed by atoms with van der Waals surface area (Å²) in [5, 5.41) is 12.8. The van der Waals surface area contributed by atoms with Crippen molar-refractivity contribution in [1.29, 1.82) is 0 Å². The number of halogens is 1. The van der Waals surface area contributed by atoms with Crippen molar-refractivity contribution in [2.75, 3.05) is 26.2 Å². The molecule has 2 aliphatic heterocycles. The minimum Gasteiger partial charge on any atom is -0.338 e. The molecule has 2 unspecified atom stereocenters. The fourth-order valence-corrected chi connectivity index (χ4v) is 6.77. The van der Waals surface area contributed by atoms with E-state index in [0.29, 0.717) is 34.8 Å². The molecule has 4 aromatic rings. The number of hydrogen-bond donors (Lipinski definition) is 1. The number of hydrogen-bond acceptors (Lipinski definition) is 4. The zero-order chi connectivity index (χ0) is 23.0. The molecule has 0 radical (unpaired) electrons. The topological polar surface area (TPSA) is 82.2 Å². The summed E-state index contributed by atoms with van der Waals surface area (Å²) >= 11 is 3.51. The van der Waals surface area contributed by atoms with Crippen molar-refractivity contribution in [3.05, 3.63) is 70.2 Å². The highest BCUT2D eigenvalue weighted by molar-refractivity contribution is 9.10. The summed E-state index contributed by atoms with van der Waals surface area (Å²) in [6.45, 7) is 3.12. The third-order valence-electron chi connectivity index (χ3n) is 8.12. The fraction of sp³-hybridized carbons (Fsp3) is 0.308. The largest absolute Gasteiger partial charge is 0.338 e. The molecule has 8 heteroatoms. The van der Waals surface area contributed by atoms with E-state index in [0.717, 1.165) is 52.5 Å². The average Bonchev–Trinajstić information content (AvgIpc) is 3.56. The molecule has 1 aliphatic carbocycles. The van der Waals surface area contributed by atoms with Gasteiger partial charge in [-0.05, 0) is 76.9 Å². The quantitative estimate of drug-likeness (QED) is 0.438. The lowest BCUT2D eigenvalue weighted by Crippen LogP contribution is -2.44. The molecule has 3 heterocycles. The van der Waals surface area contributed by atoms with Gasteiger partial charge in [0.05, 0.1) is 5.52 Å². The first-order valence-electron chi connectivity index (χ1n) is 11.6. The molecule has 1 N–H and O–H groups in total. The predicted molar refractivity (Wildman–Crippen MR) is 131 cm³/mol. The van der Waals surface area contributed by atoms with E-state index in [1.165, 1.54) is 0 Å². The Labute approximate surface area is 204 Å². The smallest absolute Gasteiger partial charge is 0.253 e. The number of fused-ring (bicyclic) bond motifs is 6. The van der Waals surface area contributed by atoms with E-state index in [4.69, 9.17) is 0 Å². The number of likely N-dealkylation sites (tertiary alicyclic amines) is 2. The molecular formula is C26H22BrN5O2. The number of carbonyl (C=O) groups excluding carboxylic acids is 2. The van der Waals surface area contributed by atoms with Gasteiger partial charge in [0.1, 0.15) is 5.52 Å². The Bertz CT molecular complexity index is 1460. The van der Waals surface area contributed by atoms with Crippen LogP contribution in [0.1, 0.15) is 20.7 Å². The second-order valence-electron chi connectivity index (χ2n) is 9.83. The van der Waals surface area contributed by atoms with Crippen molar-refractivity contribution in [1.82, 2.24) is 25.2 Å². The molecule has 4 atom stereocenters. The van der Waals surface area contributed by atoms with Crippen LogP contribution in [0.4, 0.5) is 0 Å². The highest BCUT2D eigenvalue weighted by Crippen LogP contribution is 2.54. The number of nitrogens with zero attached hydrogens (tertiary/aromatic N) is 4. The lowest BCUT2D eigenvalue weighted by Gasteiger charge is -2.42. The van der Waals surface area contributed by atoms with Gasteiger partial charge in [0.15, 0.2) is 0 Å². The molecule has 2 saturated heterocycles. The summed E-state index contributed by atoms with van der Waals surface area (Å²) in [5.74, 6) is 2.12. The number of amides is 2. The molecular weight excluding hydrogens is 494 g/mol. The van der Waals surface area contributed by atoms with Crippen molar-refractivity contribution < 1.29 is 9.59 Å². The van der Waals surface area contributed by atoms with Crippen LogP contribution < -0.4 is 0 Å². The second kappa shape index (κ2) is 7.37. The molecule has 2 amide bonds. The first kappa shape index (κ1) is 20.1. The van der Waals surface area contributed by atoms with Crippen molar-refractivity contribution >= 4 is 49.6 Å². The van der Waals surface area contributed by atoms with E-state index in [1.54, 1.807) is 0 Å². The fourth-order valence-electron chi connectivity index (χ4n) is 6.40. The van der Waals surface area contributed by atoms with E-state index in [2.05, 4.69) is 37.4 Å². The van der Waals surface area contributed by atoms with Gasteiger partial charge in [0.2, 0.25) is 0 Å². The molecule has 0 bridgehead atoms. The van der Waals surface area contributed by atoms with E-state index in [-0.39, 0.29) is 11.8 Å². The van der Waals surface area contributed by atoms with E-state index in [9.17, 15) is 9.59 Å². The van der Waals surface area contributed by atoms with Crippen molar-refractivity contribution in [3.63, 3.8) is 0 Å². The number of carbonyl (C=O) groups is 2. The van der Waals surface area contributed by atoms with Gasteiger partial charge < -0.3 is 9.80 Å². The third-order valence-corrected chi connectivity index (χ3v) is 8.61. The van der Waals surface area contributed by atoms with Crippen LogP contribution in [-0.4, -0.2) is 63.2 Å². The summed E-state index contributed by atoms with van der Waals surface area (Å²) < 4.78 is 1.04. The van der Waals surface area contributed by atoms with Crippen LogP contribution >= 0.6 is 15.9 Å². The van der Waals surface area contributed by atoms with Gasteiger partial charge in [0.25, 0.3) is 11.8 Å². The SMILES string of the molecule is O=C(c1ccc2cc(Br)ccc2c1)N1CC2C(C1)[C@@H]1CN(C(=O)c3ccc4[nH]nnc4c3)C[C@H]21. The Balaban J connectivity index is 1.04. The monoisotopic (exact) mass is 515 g/mol. The molecule has 0 spiro atoms. The molecule has 7 nitrogen and oxygen atoms in total. The van der Waals surface area contributed by atoms with Crippen LogP contribution in [0, 0.1) is 23.7 Å². The standard InChI is InChI=1S/C26H22BrN5O2/c27-18-5-3-14-7-16(2-1-15(14)8-18)25(33)31-10-19-20(11-31)22-13-32(12-21(19)22)26(34)17-4-6-23-24(9-17)29-30-28-23/h1-9,19-22H,10-13H2,(H,28,29,30)/t19?,20?,21-,22+. The number of nitrogens with one attached hydrogen (secondary N) is 1. The summed E-state index contributed by atoms with van der Waals surface area (Å²) in [7, 11) is 0.